The Morgan fingerprint density at radius 3 is 2.63 bits per heavy atom. The Morgan fingerprint density at radius 2 is 2.05 bits per heavy atom. The number of rotatable bonds is 3. The molecule has 5 N–H and O–H groups in total. The zero-order valence-electron chi connectivity index (χ0n) is 10.4. The van der Waals surface area contributed by atoms with Crippen LogP contribution in [0, 0.1) is 5.92 Å². The molecule has 1 aromatic carbocycles. The molecular formula is C13H16ClN3O2. The summed E-state index contributed by atoms with van der Waals surface area (Å²) < 4.78 is 0. The van der Waals surface area contributed by atoms with Crippen LogP contribution >= 0.6 is 11.6 Å². The molecule has 2 amide bonds. The summed E-state index contributed by atoms with van der Waals surface area (Å²) >= 11 is 5.99. The van der Waals surface area contributed by atoms with Crippen LogP contribution in [0.1, 0.15) is 29.6 Å². The van der Waals surface area contributed by atoms with Gasteiger partial charge in [0.15, 0.2) is 0 Å². The van der Waals surface area contributed by atoms with E-state index in [0.717, 1.165) is 19.3 Å². The summed E-state index contributed by atoms with van der Waals surface area (Å²) in [5.74, 6) is -0.924. The maximum absolute atomic E-state index is 12.1. The largest absolute Gasteiger partial charge is 0.366 e. The zero-order valence-corrected chi connectivity index (χ0v) is 11.1. The number of hydrogen-bond donors (Lipinski definition) is 3. The summed E-state index contributed by atoms with van der Waals surface area (Å²) in [7, 11) is 0. The Labute approximate surface area is 116 Å². The first-order valence-electron chi connectivity index (χ1n) is 6.15. The van der Waals surface area contributed by atoms with E-state index in [0.29, 0.717) is 16.3 Å². The van der Waals surface area contributed by atoms with Gasteiger partial charge in [0.25, 0.3) is 0 Å². The molecule has 0 spiro atoms. The Kier molecular flexibility index (Phi) is 4.07. The maximum atomic E-state index is 12.1. The van der Waals surface area contributed by atoms with Crippen LogP contribution in [0.5, 0.6) is 0 Å². The van der Waals surface area contributed by atoms with Crippen LogP contribution in [0.3, 0.4) is 0 Å². The number of nitrogens with two attached hydrogens (primary N) is 2. The first-order chi connectivity index (χ1) is 8.99. The third kappa shape index (κ3) is 3.05. The molecule has 19 heavy (non-hydrogen) atoms. The van der Waals surface area contributed by atoms with Gasteiger partial charge in [-0.2, -0.15) is 0 Å². The van der Waals surface area contributed by atoms with Gasteiger partial charge in [-0.3, -0.25) is 9.59 Å². The standard InChI is InChI=1S/C13H16ClN3O2/c14-9-5-4-7(12(16)18)6-11(9)17-13(19)8-2-1-3-10(8)15/h4-6,8,10H,1-3,15H2,(H2,16,18)(H,17,19). The molecule has 0 bridgehead atoms. The molecule has 6 heteroatoms. The van der Waals surface area contributed by atoms with Crippen molar-refractivity contribution in [1.82, 2.24) is 0 Å². The number of nitrogens with one attached hydrogen (secondary N) is 1. The van der Waals surface area contributed by atoms with E-state index in [2.05, 4.69) is 5.32 Å². The van der Waals surface area contributed by atoms with Gasteiger partial charge in [0, 0.05) is 11.6 Å². The lowest BCUT2D eigenvalue weighted by Crippen LogP contribution is -2.34. The van der Waals surface area contributed by atoms with Crippen LogP contribution < -0.4 is 16.8 Å². The van der Waals surface area contributed by atoms with E-state index in [9.17, 15) is 9.59 Å². The highest BCUT2D eigenvalue weighted by Crippen LogP contribution is 2.28. The molecule has 0 radical (unpaired) electrons. The second-order valence-electron chi connectivity index (χ2n) is 4.75. The van der Waals surface area contributed by atoms with Gasteiger partial charge in [0.2, 0.25) is 11.8 Å². The number of anilines is 1. The van der Waals surface area contributed by atoms with E-state index < -0.39 is 5.91 Å². The molecule has 2 atom stereocenters. The molecule has 1 saturated carbocycles. The van der Waals surface area contributed by atoms with Crippen molar-refractivity contribution < 1.29 is 9.59 Å². The van der Waals surface area contributed by atoms with Gasteiger partial charge >= 0.3 is 0 Å². The van der Waals surface area contributed by atoms with E-state index in [-0.39, 0.29) is 17.9 Å². The summed E-state index contributed by atoms with van der Waals surface area (Å²) in [4.78, 5) is 23.2. The minimum atomic E-state index is -0.565. The van der Waals surface area contributed by atoms with Crippen LogP contribution in [0.25, 0.3) is 0 Å². The number of primary amides is 1. The molecule has 5 nitrogen and oxygen atoms in total. The van der Waals surface area contributed by atoms with Crippen LogP contribution in [-0.2, 0) is 4.79 Å². The maximum Gasteiger partial charge on any atom is 0.248 e. The molecule has 0 aromatic heterocycles. The van der Waals surface area contributed by atoms with Crippen molar-refractivity contribution in [2.24, 2.45) is 17.4 Å². The highest BCUT2D eigenvalue weighted by Gasteiger charge is 2.30. The predicted molar refractivity (Wildman–Crippen MR) is 73.9 cm³/mol. The van der Waals surface area contributed by atoms with Gasteiger partial charge < -0.3 is 16.8 Å². The molecule has 1 aliphatic carbocycles. The summed E-state index contributed by atoms with van der Waals surface area (Å²) in [6.45, 7) is 0. The highest BCUT2D eigenvalue weighted by atomic mass is 35.5. The van der Waals surface area contributed by atoms with Gasteiger partial charge in [0.1, 0.15) is 0 Å². The van der Waals surface area contributed by atoms with Crippen molar-refractivity contribution in [3.05, 3.63) is 28.8 Å². The van der Waals surface area contributed by atoms with Gasteiger partial charge in [-0.05, 0) is 31.0 Å². The average Bonchev–Trinajstić information content (AvgIpc) is 2.78. The smallest absolute Gasteiger partial charge is 0.248 e. The molecule has 102 valence electrons. The quantitative estimate of drug-likeness (QED) is 0.783. The molecule has 1 aliphatic rings. The van der Waals surface area contributed by atoms with Gasteiger partial charge in [-0.1, -0.05) is 18.0 Å². The van der Waals surface area contributed by atoms with Crippen molar-refractivity contribution in [3.63, 3.8) is 0 Å². The summed E-state index contributed by atoms with van der Waals surface area (Å²) in [5, 5.41) is 3.08. The lowest BCUT2D eigenvalue weighted by molar-refractivity contribution is -0.120. The minimum absolute atomic E-state index is 0.113. The lowest BCUT2D eigenvalue weighted by Gasteiger charge is -2.16. The van der Waals surface area contributed by atoms with Crippen molar-refractivity contribution >= 4 is 29.1 Å². The van der Waals surface area contributed by atoms with Crippen molar-refractivity contribution in [2.45, 2.75) is 25.3 Å². The van der Waals surface area contributed by atoms with Crippen LogP contribution in [-0.4, -0.2) is 17.9 Å². The Bertz CT molecular complexity index is 519. The lowest BCUT2D eigenvalue weighted by atomic mass is 10.0. The van der Waals surface area contributed by atoms with Crippen molar-refractivity contribution in [1.29, 1.82) is 0 Å². The third-order valence-corrected chi connectivity index (χ3v) is 3.74. The second-order valence-corrected chi connectivity index (χ2v) is 5.16. The van der Waals surface area contributed by atoms with Gasteiger partial charge in [-0.15, -0.1) is 0 Å². The Morgan fingerprint density at radius 1 is 1.32 bits per heavy atom. The molecule has 0 aliphatic heterocycles. The number of carbonyl (C=O) groups excluding carboxylic acids is 2. The molecule has 2 rings (SSSR count). The fourth-order valence-corrected chi connectivity index (χ4v) is 2.48. The van der Waals surface area contributed by atoms with Crippen LogP contribution in [0.2, 0.25) is 5.02 Å². The SMILES string of the molecule is NC(=O)c1ccc(Cl)c(NC(=O)C2CCCC2N)c1. The Hall–Kier alpha value is -1.59. The minimum Gasteiger partial charge on any atom is -0.366 e. The topological polar surface area (TPSA) is 98.2 Å². The van der Waals surface area contributed by atoms with E-state index in [1.54, 1.807) is 0 Å². The average molecular weight is 282 g/mol. The molecule has 0 saturated heterocycles. The molecule has 2 unspecified atom stereocenters. The van der Waals surface area contributed by atoms with Crippen LogP contribution in [0.4, 0.5) is 5.69 Å². The van der Waals surface area contributed by atoms with E-state index in [1.165, 1.54) is 18.2 Å². The number of amides is 2. The fourth-order valence-electron chi connectivity index (χ4n) is 2.31. The Balaban J connectivity index is 2.16. The van der Waals surface area contributed by atoms with Gasteiger partial charge in [0.05, 0.1) is 16.6 Å². The van der Waals surface area contributed by atoms with Crippen LogP contribution in [0.15, 0.2) is 18.2 Å². The highest BCUT2D eigenvalue weighted by molar-refractivity contribution is 6.33. The van der Waals surface area contributed by atoms with Gasteiger partial charge in [-0.25, -0.2) is 0 Å². The number of carbonyl (C=O) groups is 2. The number of hydrogen-bond acceptors (Lipinski definition) is 3. The van der Waals surface area contributed by atoms with Crippen molar-refractivity contribution in [2.75, 3.05) is 5.32 Å². The molecule has 0 heterocycles. The van der Waals surface area contributed by atoms with E-state index in [4.69, 9.17) is 23.1 Å². The monoisotopic (exact) mass is 281 g/mol. The first-order valence-corrected chi connectivity index (χ1v) is 6.52. The van der Waals surface area contributed by atoms with E-state index in [1.807, 2.05) is 0 Å². The summed E-state index contributed by atoms with van der Waals surface area (Å²) in [6, 6.07) is 4.41. The number of halogens is 1. The predicted octanol–water partition coefficient (Wildman–Crippen LogP) is 1.50. The normalized spacial score (nSPS) is 22.2. The molecule has 1 fully saturated rings. The summed E-state index contributed by atoms with van der Waals surface area (Å²) in [6.07, 6.45) is 2.58. The summed E-state index contributed by atoms with van der Waals surface area (Å²) in [5.41, 5.74) is 11.8. The molecular weight excluding hydrogens is 266 g/mol. The second kappa shape index (κ2) is 5.59. The fraction of sp³-hybridized carbons (Fsp3) is 0.385. The van der Waals surface area contributed by atoms with Crippen molar-refractivity contribution in [3.8, 4) is 0 Å². The number of benzene rings is 1. The molecule has 1 aromatic rings. The van der Waals surface area contributed by atoms with E-state index >= 15 is 0 Å². The first kappa shape index (κ1) is 13.8. The zero-order chi connectivity index (χ0) is 14.0. The third-order valence-electron chi connectivity index (χ3n) is 3.41.